The second-order valence-corrected chi connectivity index (χ2v) is 6.64. The van der Waals surface area contributed by atoms with E-state index in [2.05, 4.69) is 70.7 Å². The predicted molar refractivity (Wildman–Crippen MR) is 96.9 cm³/mol. The molecule has 2 heteroatoms. The molecule has 0 radical (unpaired) electrons. The van der Waals surface area contributed by atoms with Gasteiger partial charge in [0.05, 0.1) is 0 Å². The highest BCUT2D eigenvalue weighted by atomic mass is 15.1. The van der Waals surface area contributed by atoms with Crippen molar-refractivity contribution in [1.82, 2.24) is 9.88 Å². The molecule has 4 rings (SSSR count). The number of fused-ring (bicyclic) bond motifs is 1. The Morgan fingerprint density at radius 1 is 0.913 bits per heavy atom. The first kappa shape index (κ1) is 14.5. The van der Waals surface area contributed by atoms with Crippen LogP contribution in [0.5, 0.6) is 0 Å². The van der Waals surface area contributed by atoms with Gasteiger partial charge in [0, 0.05) is 23.6 Å². The van der Waals surface area contributed by atoms with Gasteiger partial charge in [-0.25, -0.2) is 0 Å². The summed E-state index contributed by atoms with van der Waals surface area (Å²) in [4.78, 5) is 6.05. The minimum atomic E-state index is 0.708. The maximum absolute atomic E-state index is 3.43. The van der Waals surface area contributed by atoms with Crippen LogP contribution in [0.4, 0.5) is 0 Å². The van der Waals surface area contributed by atoms with Gasteiger partial charge in [-0.3, -0.25) is 0 Å². The Hall–Kier alpha value is -2.06. The van der Waals surface area contributed by atoms with Gasteiger partial charge in [0.15, 0.2) is 0 Å². The van der Waals surface area contributed by atoms with Crippen molar-refractivity contribution >= 4 is 10.9 Å². The van der Waals surface area contributed by atoms with Crippen LogP contribution in [-0.4, -0.2) is 29.5 Å². The number of para-hydroxylation sites is 1. The Bertz CT molecular complexity index is 752. The van der Waals surface area contributed by atoms with E-state index in [0.29, 0.717) is 5.92 Å². The molecule has 2 nitrogen and oxygen atoms in total. The number of rotatable bonds is 4. The number of aromatic amines is 1. The lowest BCUT2D eigenvalue weighted by atomic mass is 9.89. The number of hydrogen-bond acceptors (Lipinski definition) is 1. The first-order chi connectivity index (χ1) is 11.4. The van der Waals surface area contributed by atoms with Crippen LogP contribution in [-0.2, 0) is 6.42 Å². The fourth-order valence-corrected chi connectivity index (χ4v) is 3.83. The van der Waals surface area contributed by atoms with Crippen molar-refractivity contribution in [2.45, 2.75) is 25.2 Å². The second-order valence-electron chi connectivity index (χ2n) is 6.64. The van der Waals surface area contributed by atoms with E-state index >= 15 is 0 Å². The fraction of sp³-hybridized carbons (Fsp3) is 0.333. The van der Waals surface area contributed by atoms with Crippen molar-refractivity contribution < 1.29 is 0 Å². The van der Waals surface area contributed by atoms with Crippen molar-refractivity contribution in [3.05, 3.63) is 71.9 Å². The van der Waals surface area contributed by atoms with Crippen LogP contribution in [0.1, 0.15) is 29.9 Å². The Balaban J connectivity index is 1.36. The molecule has 3 aromatic rings. The van der Waals surface area contributed by atoms with Crippen LogP contribution < -0.4 is 0 Å². The zero-order chi connectivity index (χ0) is 15.5. The van der Waals surface area contributed by atoms with Crippen LogP contribution in [0.15, 0.2) is 60.8 Å². The number of H-pyrrole nitrogens is 1. The van der Waals surface area contributed by atoms with E-state index in [0.717, 1.165) is 0 Å². The third kappa shape index (κ3) is 3.18. The molecule has 23 heavy (non-hydrogen) atoms. The van der Waals surface area contributed by atoms with Crippen molar-refractivity contribution in [3.63, 3.8) is 0 Å². The molecular formula is C21H24N2. The van der Waals surface area contributed by atoms with Crippen molar-refractivity contribution in [1.29, 1.82) is 0 Å². The first-order valence-corrected chi connectivity index (χ1v) is 8.72. The van der Waals surface area contributed by atoms with Gasteiger partial charge in [-0.2, -0.15) is 0 Å². The molecule has 1 aliphatic rings. The molecule has 1 saturated heterocycles. The van der Waals surface area contributed by atoms with E-state index in [-0.39, 0.29) is 0 Å². The topological polar surface area (TPSA) is 19.0 Å². The molecule has 1 fully saturated rings. The predicted octanol–water partition coefficient (Wildman–Crippen LogP) is 4.59. The minimum Gasteiger partial charge on any atom is -0.361 e. The smallest absolute Gasteiger partial charge is 0.0456 e. The highest BCUT2D eigenvalue weighted by Gasteiger charge is 2.22. The summed E-state index contributed by atoms with van der Waals surface area (Å²) in [5.74, 6) is 0.708. The van der Waals surface area contributed by atoms with E-state index in [1.807, 2.05) is 0 Å². The molecule has 2 heterocycles. The number of aromatic nitrogens is 1. The Labute approximate surface area is 138 Å². The van der Waals surface area contributed by atoms with Crippen LogP contribution in [0.2, 0.25) is 0 Å². The second kappa shape index (κ2) is 6.59. The van der Waals surface area contributed by atoms with Gasteiger partial charge < -0.3 is 9.88 Å². The van der Waals surface area contributed by atoms with Gasteiger partial charge in [-0.05, 0) is 55.5 Å². The fourth-order valence-electron chi connectivity index (χ4n) is 3.83. The van der Waals surface area contributed by atoms with Crippen molar-refractivity contribution in [2.24, 2.45) is 0 Å². The van der Waals surface area contributed by atoms with E-state index in [9.17, 15) is 0 Å². The molecule has 1 aliphatic heterocycles. The van der Waals surface area contributed by atoms with E-state index < -0.39 is 0 Å². The molecule has 1 N–H and O–H groups in total. The van der Waals surface area contributed by atoms with Crippen LogP contribution in [0.25, 0.3) is 10.9 Å². The van der Waals surface area contributed by atoms with Crippen LogP contribution in [0.3, 0.4) is 0 Å². The molecule has 0 atom stereocenters. The van der Waals surface area contributed by atoms with E-state index in [1.165, 1.54) is 60.9 Å². The molecule has 0 unspecified atom stereocenters. The summed E-state index contributed by atoms with van der Waals surface area (Å²) >= 11 is 0. The van der Waals surface area contributed by atoms with Gasteiger partial charge in [-0.1, -0.05) is 48.5 Å². The lowest BCUT2D eigenvalue weighted by Gasteiger charge is -2.32. The lowest BCUT2D eigenvalue weighted by molar-refractivity contribution is 0.215. The van der Waals surface area contributed by atoms with Crippen molar-refractivity contribution in [2.75, 3.05) is 19.6 Å². The standard InChI is InChI=1S/C21H24N2/c1-2-6-17(7-3-1)10-13-23-14-11-18(12-15-23)20-16-22-21-9-5-4-8-19(20)21/h1-9,16,18,22H,10-15H2. The monoisotopic (exact) mass is 304 g/mol. The van der Waals surface area contributed by atoms with Gasteiger partial charge in [0.2, 0.25) is 0 Å². The minimum absolute atomic E-state index is 0.708. The molecule has 2 aromatic carbocycles. The Kier molecular flexibility index (Phi) is 4.16. The summed E-state index contributed by atoms with van der Waals surface area (Å²) in [5, 5.41) is 1.41. The summed E-state index contributed by atoms with van der Waals surface area (Å²) in [6, 6.07) is 19.5. The van der Waals surface area contributed by atoms with Crippen molar-refractivity contribution in [3.8, 4) is 0 Å². The number of likely N-dealkylation sites (tertiary alicyclic amines) is 1. The summed E-state index contributed by atoms with van der Waals surface area (Å²) < 4.78 is 0. The lowest BCUT2D eigenvalue weighted by Crippen LogP contribution is -2.34. The molecule has 118 valence electrons. The zero-order valence-electron chi connectivity index (χ0n) is 13.5. The molecule has 0 bridgehead atoms. The maximum atomic E-state index is 3.43. The Morgan fingerprint density at radius 3 is 2.48 bits per heavy atom. The normalized spacial score (nSPS) is 16.9. The van der Waals surface area contributed by atoms with E-state index in [4.69, 9.17) is 0 Å². The molecule has 0 aliphatic carbocycles. The molecular weight excluding hydrogens is 280 g/mol. The zero-order valence-corrected chi connectivity index (χ0v) is 13.5. The van der Waals surface area contributed by atoms with Gasteiger partial charge in [0.25, 0.3) is 0 Å². The number of nitrogens with zero attached hydrogens (tertiary/aromatic N) is 1. The SMILES string of the molecule is c1ccc(CCN2CCC(c3c[nH]c4ccccc34)CC2)cc1. The van der Waals surface area contributed by atoms with E-state index in [1.54, 1.807) is 0 Å². The van der Waals surface area contributed by atoms with Gasteiger partial charge >= 0.3 is 0 Å². The molecule has 0 amide bonds. The summed E-state index contributed by atoms with van der Waals surface area (Å²) in [7, 11) is 0. The first-order valence-electron chi connectivity index (χ1n) is 8.72. The number of hydrogen-bond donors (Lipinski definition) is 1. The third-order valence-corrected chi connectivity index (χ3v) is 5.21. The van der Waals surface area contributed by atoms with Gasteiger partial charge in [-0.15, -0.1) is 0 Å². The average molecular weight is 304 g/mol. The number of nitrogens with one attached hydrogen (secondary N) is 1. The highest BCUT2D eigenvalue weighted by Crippen LogP contribution is 2.33. The van der Waals surface area contributed by atoms with Crippen LogP contribution in [0, 0.1) is 0 Å². The van der Waals surface area contributed by atoms with Gasteiger partial charge in [0.1, 0.15) is 0 Å². The summed E-state index contributed by atoms with van der Waals surface area (Å²) in [6.45, 7) is 3.62. The Morgan fingerprint density at radius 2 is 1.65 bits per heavy atom. The molecule has 1 aromatic heterocycles. The van der Waals surface area contributed by atoms with Crippen LogP contribution >= 0.6 is 0 Å². The molecule has 0 spiro atoms. The highest BCUT2D eigenvalue weighted by molar-refractivity contribution is 5.83. The summed E-state index contributed by atoms with van der Waals surface area (Å²) in [5.41, 5.74) is 4.24. The third-order valence-electron chi connectivity index (χ3n) is 5.21. The average Bonchev–Trinajstić information content (AvgIpc) is 3.05. The quantitative estimate of drug-likeness (QED) is 0.747. The largest absolute Gasteiger partial charge is 0.361 e. The summed E-state index contributed by atoms with van der Waals surface area (Å²) in [6.07, 6.45) is 5.95. The molecule has 0 saturated carbocycles. The number of piperidine rings is 1. The maximum Gasteiger partial charge on any atom is 0.0456 e. The number of benzene rings is 2.